The first-order valence-corrected chi connectivity index (χ1v) is 13.3. The number of carbonyl (C=O) groups excluding carboxylic acids is 2. The summed E-state index contributed by atoms with van der Waals surface area (Å²) in [5.41, 5.74) is 4.38. The van der Waals surface area contributed by atoms with Crippen LogP contribution in [0, 0.1) is 0 Å². The molecule has 2 unspecified atom stereocenters. The Labute approximate surface area is 229 Å². The zero-order chi connectivity index (χ0) is 27.9. The maximum atomic E-state index is 13.8. The van der Waals surface area contributed by atoms with Crippen molar-refractivity contribution in [1.82, 2.24) is 5.32 Å². The standard InChI is InChI=1S/C31H37NO7/c1-6-37-14-15-39-31(34)28-19(3)32-24-16-22(21-10-13-26(35-4)27(18-21)36-5)17-25(33)30(24)29(28)20-8-11-23(12-9-20)38-7-2/h8-13,18,22,29,32H,6-7,14-17H2,1-5H3. The van der Waals surface area contributed by atoms with Crippen LogP contribution in [0.25, 0.3) is 0 Å². The fourth-order valence-corrected chi connectivity index (χ4v) is 5.32. The molecular formula is C31H37NO7. The van der Waals surface area contributed by atoms with Crippen LogP contribution in [0.2, 0.25) is 0 Å². The summed E-state index contributed by atoms with van der Waals surface area (Å²) >= 11 is 0. The van der Waals surface area contributed by atoms with Crippen LogP contribution in [0.15, 0.2) is 65.0 Å². The van der Waals surface area contributed by atoms with E-state index >= 15 is 0 Å². The molecule has 0 saturated heterocycles. The van der Waals surface area contributed by atoms with Crippen LogP contribution >= 0.6 is 0 Å². The van der Waals surface area contributed by atoms with Crippen molar-refractivity contribution in [2.45, 2.75) is 45.4 Å². The second-order valence-electron chi connectivity index (χ2n) is 9.47. The molecule has 39 heavy (non-hydrogen) atoms. The molecule has 0 amide bonds. The molecule has 1 N–H and O–H groups in total. The van der Waals surface area contributed by atoms with Crippen LogP contribution in [0.4, 0.5) is 0 Å². The van der Waals surface area contributed by atoms with E-state index < -0.39 is 11.9 Å². The number of allylic oxidation sites excluding steroid dienone is 3. The van der Waals surface area contributed by atoms with Crippen LogP contribution in [-0.4, -0.2) is 52.4 Å². The summed E-state index contributed by atoms with van der Waals surface area (Å²) in [4.78, 5) is 27.2. The van der Waals surface area contributed by atoms with Crippen molar-refractivity contribution in [3.63, 3.8) is 0 Å². The van der Waals surface area contributed by atoms with Gasteiger partial charge in [0.15, 0.2) is 17.3 Å². The Morgan fingerprint density at radius 3 is 2.31 bits per heavy atom. The molecule has 2 aromatic carbocycles. The van der Waals surface area contributed by atoms with E-state index in [1.54, 1.807) is 14.2 Å². The first kappa shape index (κ1) is 28.2. The molecule has 0 saturated carbocycles. The molecule has 1 aliphatic carbocycles. The van der Waals surface area contributed by atoms with E-state index in [1.807, 2.05) is 63.2 Å². The topological polar surface area (TPSA) is 92.3 Å². The molecule has 0 bridgehead atoms. The van der Waals surface area contributed by atoms with Gasteiger partial charge >= 0.3 is 5.97 Å². The van der Waals surface area contributed by atoms with E-state index in [0.29, 0.717) is 61.0 Å². The van der Waals surface area contributed by atoms with Gasteiger partial charge in [0.2, 0.25) is 0 Å². The zero-order valence-electron chi connectivity index (χ0n) is 23.3. The number of ether oxygens (including phenoxy) is 5. The van der Waals surface area contributed by atoms with Crippen LogP contribution in [0.1, 0.15) is 56.6 Å². The van der Waals surface area contributed by atoms with Crippen LogP contribution < -0.4 is 19.5 Å². The van der Waals surface area contributed by atoms with E-state index in [-0.39, 0.29) is 18.3 Å². The normalized spacial score (nSPS) is 18.8. The highest BCUT2D eigenvalue weighted by atomic mass is 16.6. The molecule has 1 aliphatic heterocycles. The number of ketones is 1. The van der Waals surface area contributed by atoms with E-state index in [9.17, 15) is 9.59 Å². The van der Waals surface area contributed by atoms with Gasteiger partial charge in [0, 0.05) is 35.9 Å². The average Bonchev–Trinajstić information content (AvgIpc) is 2.94. The number of esters is 1. The third-order valence-corrected chi connectivity index (χ3v) is 7.12. The molecule has 1 heterocycles. The van der Waals surface area contributed by atoms with Gasteiger partial charge in [-0.25, -0.2) is 4.79 Å². The van der Waals surface area contributed by atoms with Gasteiger partial charge in [-0.3, -0.25) is 4.79 Å². The molecule has 208 valence electrons. The predicted octanol–water partition coefficient (Wildman–Crippen LogP) is 5.04. The van der Waals surface area contributed by atoms with Crippen molar-refractivity contribution in [3.05, 3.63) is 76.1 Å². The Hall–Kier alpha value is -3.78. The van der Waals surface area contributed by atoms with Gasteiger partial charge in [0.25, 0.3) is 0 Å². The number of dihydropyridines is 1. The maximum Gasteiger partial charge on any atom is 0.336 e. The summed E-state index contributed by atoms with van der Waals surface area (Å²) in [6.45, 7) is 7.22. The Morgan fingerprint density at radius 2 is 1.64 bits per heavy atom. The first-order valence-electron chi connectivity index (χ1n) is 13.3. The van der Waals surface area contributed by atoms with Crippen molar-refractivity contribution >= 4 is 11.8 Å². The third kappa shape index (κ3) is 6.11. The second kappa shape index (κ2) is 12.8. The van der Waals surface area contributed by atoms with Crippen LogP contribution in [0.5, 0.6) is 17.2 Å². The van der Waals surface area contributed by atoms with Gasteiger partial charge < -0.3 is 29.0 Å². The number of benzene rings is 2. The molecule has 0 radical (unpaired) electrons. The average molecular weight is 536 g/mol. The predicted molar refractivity (Wildman–Crippen MR) is 147 cm³/mol. The first-order chi connectivity index (χ1) is 18.9. The highest BCUT2D eigenvalue weighted by Crippen LogP contribution is 2.46. The minimum atomic E-state index is -0.546. The van der Waals surface area contributed by atoms with E-state index in [1.165, 1.54) is 0 Å². The van der Waals surface area contributed by atoms with E-state index in [2.05, 4.69) is 5.32 Å². The lowest BCUT2D eigenvalue weighted by atomic mass is 9.71. The number of Topliss-reactive ketones (excluding diaryl/α,β-unsaturated/α-hetero) is 1. The fraction of sp³-hybridized carbons (Fsp3) is 0.419. The van der Waals surface area contributed by atoms with Gasteiger partial charge in [0.1, 0.15) is 12.4 Å². The highest BCUT2D eigenvalue weighted by Gasteiger charge is 2.41. The Morgan fingerprint density at radius 1 is 0.923 bits per heavy atom. The minimum Gasteiger partial charge on any atom is -0.494 e. The maximum absolute atomic E-state index is 13.8. The quantitative estimate of drug-likeness (QED) is 0.316. The molecule has 0 fully saturated rings. The number of nitrogens with one attached hydrogen (secondary N) is 1. The highest BCUT2D eigenvalue weighted by molar-refractivity contribution is 6.04. The number of hydrogen-bond acceptors (Lipinski definition) is 8. The van der Waals surface area contributed by atoms with Crippen LogP contribution in [0.3, 0.4) is 0 Å². The summed E-state index contributed by atoms with van der Waals surface area (Å²) in [6.07, 6.45) is 0.934. The van der Waals surface area contributed by atoms with E-state index in [4.69, 9.17) is 23.7 Å². The van der Waals surface area contributed by atoms with Gasteiger partial charge in [-0.15, -0.1) is 0 Å². The lowest BCUT2D eigenvalue weighted by Gasteiger charge is -2.36. The molecule has 0 aromatic heterocycles. The Kier molecular flexibility index (Phi) is 9.30. The number of carbonyl (C=O) groups is 2. The molecule has 2 aromatic rings. The smallest absolute Gasteiger partial charge is 0.336 e. The van der Waals surface area contributed by atoms with Crippen molar-refractivity contribution in [2.75, 3.05) is 40.6 Å². The Bertz CT molecular complexity index is 1260. The lowest BCUT2D eigenvalue weighted by molar-refractivity contribution is -0.140. The molecule has 4 rings (SSSR count). The minimum absolute atomic E-state index is 0.00506. The molecule has 2 atom stereocenters. The largest absolute Gasteiger partial charge is 0.494 e. The molecule has 8 heteroatoms. The second-order valence-corrected chi connectivity index (χ2v) is 9.47. The van der Waals surface area contributed by atoms with Gasteiger partial charge in [0.05, 0.1) is 33.0 Å². The third-order valence-electron chi connectivity index (χ3n) is 7.12. The molecule has 8 nitrogen and oxygen atoms in total. The van der Waals surface area contributed by atoms with Gasteiger partial charge in [-0.1, -0.05) is 18.2 Å². The SMILES string of the molecule is CCOCCOC(=O)C1=C(C)NC2=C(C(=O)CC(c3ccc(OC)c(OC)c3)C2)C1c1ccc(OCC)cc1. The monoisotopic (exact) mass is 535 g/mol. The summed E-state index contributed by atoms with van der Waals surface area (Å²) in [5.74, 6) is 0.941. The van der Waals surface area contributed by atoms with Crippen molar-refractivity contribution in [3.8, 4) is 17.2 Å². The van der Waals surface area contributed by atoms with Gasteiger partial charge in [-0.05, 0) is 68.5 Å². The summed E-state index contributed by atoms with van der Waals surface area (Å²) in [6, 6.07) is 13.3. The summed E-state index contributed by atoms with van der Waals surface area (Å²) < 4.78 is 27.4. The van der Waals surface area contributed by atoms with Crippen molar-refractivity contribution in [2.24, 2.45) is 0 Å². The summed E-state index contributed by atoms with van der Waals surface area (Å²) in [7, 11) is 3.20. The zero-order valence-corrected chi connectivity index (χ0v) is 23.3. The van der Waals surface area contributed by atoms with E-state index in [0.717, 1.165) is 22.6 Å². The molecular weight excluding hydrogens is 498 g/mol. The van der Waals surface area contributed by atoms with Gasteiger partial charge in [-0.2, -0.15) is 0 Å². The lowest BCUT2D eigenvalue weighted by Crippen LogP contribution is -2.36. The number of hydrogen-bond donors (Lipinski definition) is 1. The van der Waals surface area contributed by atoms with Crippen molar-refractivity contribution < 1.29 is 33.3 Å². The van der Waals surface area contributed by atoms with Crippen molar-refractivity contribution in [1.29, 1.82) is 0 Å². The summed E-state index contributed by atoms with van der Waals surface area (Å²) in [5, 5.41) is 3.39. The number of methoxy groups -OCH3 is 2. The number of rotatable bonds is 11. The molecule has 0 spiro atoms. The molecule has 2 aliphatic rings. The van der Waals surface area contributed by atoms with Crippen LogP contribution in [-0.2, 0) is 19.1 Å². The Balaban J connectivity index is 1.71. The fourth-order valence-electron chi connectivity index (χ4n) is 5.32.